The lowest BCUT2D eigenvalue weighted by Crippen LogP contribution is -2.62. The highest BCUT2D eigenvalue weighted by atomic mass is 32.2. The number of carbonyl (C=O) groups excluding carboxylic acids is 2. The van der Waals surface area contributed by atoms with Crippen molar-refractivity contribution in [3.63, 3.8) is 0 Å². The first-order valence-electron chi connectivity index (χ1n) is 12.8. The SMILES string of the molecule is C[C@@H](O[Si](C)(C)C(C)(C)C)[C@H]1C(=O)N2C(C(=S)OCc3ccc([N+](=O)[O-])cc3)=C(C3COC(=O)N(C)C3)S[C@H]12. The molecule has 4 rings (SSSR count). The summed E-state index contributed by atoms with van der Waals surface area (Å²) in [5.41, 5.74) is 1.24. The van der Waals surface area contributed by atoms with Gasteiger partial charge in [-0.15, -0.1) is 11.8 Å². The molecular formula is C26H35N3O7S2Si. The van der Waals surface area contributed by atoms with Gasteiger partial charge in [0.2, 0.25) is 11.0 Å². The van der Waals surface area contributed by atoms with Crippen molar-refractivity contribution >= 4 is 55.0 Å². The lowest BCUT2D eigenvalue weighted by atomic mass is 9.92. The average Bonchev–Trinajstić information content (AvgIpc) is 3.18. The molecule has 3 aliphatic heterocycles. The van der Waals surface area contributed by atoms with Crippen LogP contribution in [0.15, 0.2) is 34.9 Å². The second-order valence-corrected chi connectivity index (χ2v) is 18.0. The predicted molar refractivity (Wildman–Crippen MR) is 154 cm³/mol. The van der Waals surface area contributed by atoms with E-state index >= 15 is 0 Å². The maximum Gasteiger partial charge on any atom is 0.409 e. The van der Waals surface area contributed by atoms with E-state index in [1.165, 1.54) is 17.0 Å². The van der Waals surface area contributed by atoms with Gasteiger partial charge >= 0.3 is 6.09 Å². The van der Waals surface area contributed by atoms with E-state index in [-0.39, 0.29) is 64.3 Å². The molecule has 0 radical (unpaired) electrons. The van der Waals surface area contributed by atoms with Crippen LogP contribution in [-0.2, 0) is 25.3 Å². The lowest BCUT2D eigenvalue weighted by molar-refractivity contribution is -0.384. The van der Waals surface area contributed by atoms with Crippen LogP contribution in [-0.4, -0.2) is 71.8 Å². The average molecular weight is 594 g/mol. The zero-order valence-electron chi connectivity index (χ0n) is 23.3. The molecule has 3 heterocycles. The molecule has 0 spiro atoms. The third-order valence-corrected chi connectivity index (χ3v) is 14.3. The van der Waals surface area contributed by atoms with E-state index < -0.39 is 13.2 Å². The van der Waals surface area contributed by atoms with Crippen LogP contribution >= 0.6 is 24.0 Å². The lowest BCUT2D eigenvalue weighted by Gasteiger charge is -2.48. The maximum absolute atomic E-state index is 13.6. The van der Waals surface area contributed by atoms with Gasteiger partial charge in [-0.25, -0.2) is 4.79 Å². The zero-order chi connectivity index (χ0) is 28.9. The fourth-order valence-corrected chi connectivity index (χ4v) is 8.08. The van der Waals surface area contributed by atoms with Gasteiger partial charge in [-0.05, 0) is 55.0 Å². The largest absolute Gasteiger partial charge is 0.477 e. The Hall–Kier alpha value is -2.48. The van der Waals surface area contributed by atoms with Crippen molar-refractivity contribution in [2.45, 2.75) is 63.9 Å². The van der Waals surface area contributed by atoms with E-state index in [1.807, 2.05) is 6.92 Å². The Bertz CT molecular complexity index is 1210. The van der Waals surface area contributed by atoms with Crippen molar-refractivity contribution in [3.8, 4) is 0 Å². The van der Waals surface area contributed by atoms with Crippen LogP contribution in [0.25, 0.3) is 0 Å². The van der Waals surface area contributed by atoms with Crippen molar-refractivity contribution in [1.29, 1.82) is 0 Å². The molecular weight excluding hydrogens is 559 g/mol. The number of hydrogen-bond acceptors (Lipinski definition) is 9. The molecule has 0 aliphatic carbocycles. The first-order chi connectivity index (χ1) is 18.1. The number of carbonyl (C=O) groups is 2. The molecule has 2 fully saturated rings. The molecule has 212 valence electrons. The summed E-state index contributed by atoms with van der Waals surface area (Å²) in [4.78, 5) is 40.1. The highest BCUT2D eigenvalue weighted by Gasteiger charge is 2.59. The van der Waals surface area contributed by atoms with Crippen molar-refractivity contribution in [2.75, 3.05) is 20.2 Å². The molecule has 3 aliphatic rings. The summed E-state index contributed by atoms with van der Waals surface area (Å²) >= 11 is 7.26. The van der Waals surface area contributed by atoms with Gasteiger partial charge in [-0.3, -0.25) is 19.8 Å². The number of nitro groups is 1. The molecule has 2 amide bonds. The Kier molecular flexibility index (Phi) is 8.19. The van der Waals surface area contributed by atoms with Gasteiger partial charge in [0.25, 0.3) is 5.69 Å². The number of fused-ring (bicyclic) bond motifs is 1. The van der Waals surface area contributed by atoms with E-state index in [0.717, 1.165) is 4.91 Å². The molecule has 1 aromatic carbocycles. The molecule has 0 aromatic heterocycles. The minimum absolute atomic E-state index is 0.00889. The predicted octanol–water partition coefficient (Wildman–Crippen LogP) is 5.29. The van der Waals surface area contributed by atoms with Crippen molar-refractivity contribution in [3.05, 3.63) is 50.5 Å². The first kappa shape index (κ1) is 29.5. The van der Waals surface area contributed by atoms with E-state index in [9.17, 15) is 19.7 Å². The van der Waals surface area contributed by atoms with Gasteiger partial charge in [-0.2, -0.15) is 0 Å². The van der Waals surface area contributed by atoms with Crippen LogP contribution in [0.5, 0.6) is 0 Å². The second kappa shape index (κ2) is 10.8. The van der Waals surface area contributed by atoms with Crippen LogP contribution in [0, 0.1) is 22.0 Å². The van der Waals surface area contributed by atoms with Gasteiger partial charge in [0.05, 0.1) is 16.9 Å². The van der Waals surface area contributed by atoms with Crippen molar-refractivity contribution in [2.24, 2.45) is 11.8 Å². The topological polar surface area (TPSA) is 111 Å². The van der Waals surface area contributed by atoms with E-state index in [4.69, 9.17) is 26.1 Å². The molecule has 1 aromatic rings. The summed E-state index contributed by atoms with van der Waals surface area (Å²) in [5.74, 6) is -0.562. The summed E-state index contributed by atoms with van der Waals surface area (Å²) in [6.45, 7) is 13.6. The molecule has 1 unspecified atom stereocenters. The van der Waals surface area contributed by atoms with Crippen LogP contribution in [0.4, 0.5) is 10.5 Å². The number of ether oxygens (including phenoxy) is 2. The molecule has 0 saturated carbocycles. The summed E-state index contributed by atoms with van der Waals surface area (Å²) in [6, 6.07) is 6.05. The number of rotatable bonds is 8. The number of non-ortho nitro benzene ring substituents is 1. The van der Waals surface area contributed by atoms with Crippen LogP contribution in [0.2, 0.25) is 18.1 Å². The molecule has 2 saturated heterocycles. The fourth-order valence-electron chi connectivity index (χ4n) is 4.62. The number of nitrogens with zero attached hydrogens (tertiary/aromatic N) is 3. The Morgan fingerprint density at radius 2 is 1.92 bits per heavy atom. The number of cyclic esters (lactones) is 1. The third-order valence-electron chi connectivity index (χ3n) is 7.89. The molecule has 4 atom stereocenters. The number of hydrogen-bond donors (Lipinski definition) is 0. The molecule has 0 bridgehead atoms. The van der Waals surface area contributed by atoms with Crippen LogP contribution < -0.4 is 0 Å². The van der Waals surface area contributed by atoms with Crippen LogP contribution in [0.3, 0.4) is 0 Å². The minimum Gasteiger partial charge on any atom is -0.477 e. The monoisotopic (exact) mass is 593 g/mol. The maximum atomic E-state index is 13.6. The smallest absolute Gasteiger partial charge is 0.409 e. The number of thioether (sulfide) groups is 1. The van der Waals surface area contributed by atoms with Gasteiger partial charge < -0.3 is 18.8 Å². The zero-order valence-corrected chi connectivity index (χ0v) is 25.9. The Morgan fingerprint density at radius 1 is 1.28 bits per heavy atom. The summed E-state index contributed by atoms with van der Waals surface area (Å²) < 4.78 is 17.9. The number of thiocarbonyl (C=S) groups is 1. The number of β-lactam (4-membered cyclic amide) rings is 1. The Balaban J connectivity index is 1.55. The number of benzene rings is 1. The van der Waals surface area contributed by atoms with Gasteiger partial charge in [0, 0.05) is 36.5 Å². The Labute approximate surface area is 239 Å². The van der Waals surface area contributed by atoms with E-state index in [1.54, 1.807) is 35.8 Å². The number of amides is 2. The van der Waals surface area contributed by atoms with E-state index in [2.05, 4.69) is 33.9 Å². The summed E-state index contributed by atoms with van der Waals surface area (Å²) in [6.07, 6.45) is -0.656. The summed E-state index contributed by atoms with van der Waals surface area (Å²) in [7, 11) is -0.427. The molecule has 0 N–H and O–H groups in total. The third kappa shape index (κ3) is 5.72. The highest BCUT2D eigenvalue weighted by Crippen LogP contribution is 2.54. The fraction of sp³-hybridized carbons (Fsp3) is 0.577. The van der Waals surface area contributed by atoms with Crippen molar-refractivity contribution in [1.82, 2.24) is 9.80 Å². The highest BCUT2D eigenvalue weighted by molar-refractivity contribution is 8.04. The quantitative estimate of drug-likeness (QED) is 0.130. The van der Waals surface area contributed by atoms with Gasteiger partial charge in [-0.1, -0.05) is 20.8 Å². The van der Waals surface area contributed by atoms with E-state index in [0.29, 0.717) is 17.8 Å². The summed E-state index contributed by atoms with van der Waals surface area (Å²) in [5, 5.41) is 10.9. The Morgan fingerprint density at radius 3 is 2.49 bits per heavy atom. The molecule has 13 heteroatoms. The molecule has 39 heavy (non-hydrogen) atoms. The second-order valence-electron chi connectivity index (χ2n) is 11.7. The number of nitro benzene ring substituents is 1. The molecule has 10 nitrogen and oxygen atoms in total. The standard InChI is InChI=1S/C26H35N3O7S2Si/c1-15(36-39(6,7)26(2,3)4)19-22(30)28-20(21(38-23(19)28)17-12-27(5)25(31)35-14-17)24(37)34-13-16-8-10-18(11-9-16)29(32)33/h8-11,15,17,19,23H,12-14H2,1-7H3/t15-,17?,19+,23-/m1/s1. The van der Waals surface area contributed by atoms with Gasteiger partial charge in [0.1, 0.15) is 24.3 Å². The van der Waals surface area contributed by atoms with Gasteiger partial charge in [0.15, 0.2) is 8.32 Å². The normalized spacial score (nSPS) is 24.2. The van der Waals surface area contributed by atoms with Crippen LogP contribution in [0.1, 0.15) is 33.3 Å². The first-order valence-corrected chi connectivity index (χ1v) is 17.0. The van der Waals surface area contributed by atoms with Crippen molar-refractivity contribution < 1.29 is 28.4 Å². The minimum atomic E-state index is -2.10.